The van der Waals surface area contributed by atoms with E-state index in [9.17, 15) is 9.59 Å². The normalized spacial score (nSPS) is 23.6. The van der Waals surface area contributed by atoms with Gasteiger partial charge in [0, 0.05) is 13.1 Å². The number of β-amino-alcohol motifs (C(OH)–C–C–N with tert-alkyl or cyclic N) is 1. The molecule has 1 amide bonds. The number of amides is 1. The highest BCUT2D eigenvalue weighted by Crippen LogP contribution is 2.10. The number of rotatable bonds is 3. The molecule has 0 bridgehead atoms. The number of aliphatic hydroxyl groups excluding tert-OH is 1. The number of carbonyl (C=O) groups is 2. The van der Waals surface area contributed by atoms with E-state index in [2.05, 4.69) is 0 Å². The van der Waals surface area contributed by atoms with Crippen LogP contribution in [0.3, 0.4) is 0 Å². The number of hydrogen-bond acceptors (Lipinski definition) is 4. The summed E-state index contributed by atoms with van der Waals surface area (Å²) in [7, 11) is 0. The first-order chi connectivity index (χ1) is 6.50. The van der Waals surface area contributed by atoms with Crippen molar-refractivity contribution < 1.29 is 19.8 Å². The van der Waals surface area contributed by atoms with Crippen molar-refractivity contribution in [3.05, 3.63) is 0 Å². The Balaban J connectivity index is 2.44. The molecule has 0 aromatic carbocycles. The minimum Gasteiger partial charge on any atom is -0.481 e. The van der Waals surface area contributed by atoms with Crippen molar-refractivity contribution in [2.75, 3.05) is 13.1 Å². The van der Waals surface area contributed by atoms with E-state index in [0.29, 0.717) is 13.0 Å². The number of likely N-dealkylation sites (tertiary alicyclic amines) is 1. The van der Waals surface area contributed by atoms with E-state index < -0.39 is 24.0 Å². The highest BCUT2D eigenvalue weighted by atomic mass is 16.4. The second kappa shape index (κ2) is 4.39. The second-order valence-electron chi connectivity index (χ2n) is 3.43. The van der Waals surface area contributed by atoms with Crippen LogP contribution in [0, 0.1) is 0 Å². The first-order valence-corrected chi connectivity index (χ1v) is 4.45. The average molecular weight is 202 g/mol. The van der Waals surface area contributed by atoms with Crippen LogP contribution in [-0.2, 0) is 9.59 Å². The van der Waals surface area contributed by atoms with Crippen LogP contribution in [0.4, 0.5) is 0 Å². The van der Waals surface area contributed by atoms with E-state index in [1.165, 1.54) is 4.90 Å². The Morgan fingerprint density at radius 1 is 1.57 bits per heavy atom. The Bertz CT molecular complexity index is 243. The van der Waals surface area contributed by atoms with Crippen molar-refractivity contribution in [2.24, 2.45) is 5.73 Å². The lowest BCUT2D eigenvalue weighted by atomic mass is 10.2. The van der Waals surface area contributed by atoms with Crippen LogP contribution >= 0.6 is 0 Å². The van der Waals surface area contributed by atoms with Crippen molar-refractivity contribution in [3.8, 4) is 0 Å². The van der Waals surface area contributed by atoms with Gasteiger partial charge in [-0.25, -0.2) is 0 Å². The number of carbonyl (C=O) groups excluding carboxylic acids is 1. The maximum atomic E-state index is 11.5. The average Bonchev–Trinajstić information content (AvgIpc) is 2.49. The summed E-state index contributed by atoms with van der Waals surface area (Å²) in [6.45, 7) is 0.708. The van der Waals surface area contributed by atoms with Crippen molar-refractivity contribution in [3.63, 3.8) is 0 Å². The fourth-order valence-corrected chi connectivity index (χ4v) is 1.45. The Labute approximate surface area is 81.3 Å². The van der Waals surface area contributed by atoms with E-state index in [1.54, 1.807) is 0 Å². The Kier molecular flexibility index (Phi) is 3.43. The Morgan fingerprint density at radius 3 is 2.64 bits per heavy atom. The van der Waals surface area contributed by atoms with Gasteiger partial charge in [0.25, 0.3) is 0 Å². The lowest BCUT2D eigenvalue weighted by Crippen LogP contribution is -2.44. The highest BCUT2D eigenvalue weighted by Gasteiger charge is 2.28. The predicted molar refractivity (Wildman–Crippen MR) is 47.4 cm³/mol. The molecule has 14 heavy (non-hydrogen) atoms. The third kappa shape index (κ3) is 2.68. The van der Waals surface area contributed by atoms with Gasteiger partial charge >= 0.3 is 5.97 Å². The van der Waals surface area contributed by atoms with Gasteiger partial charge in [0.15, 0.2) is 0 Å². The third-order valence-electron chi connectivity index (χ3n) is 2.19. The van der Waals surface area contributed by atoms with Crippen LogP contribution < -0.4 is 5.73 Å². The van der Waals surface area contributed by atoms with Gasteiger partial charge in [-0.3, -0.25) is 9.59 Å². The minimum atomic E-state index is -1.09. The number of carboxylic acids is 1. The van der Waals surface area contributed by atoms with Gasteiger partial charge in [-0.15, -0.1) is 0 Å². The molecule has 0 radical (unpaired) electrons. The molecule has 1 fully saturated rings. The second-order valence-corrected chi connectivity index (χ2v) is 3.43. The van der Waals surface area contributed by atoms with Crippen molar-refractivity contribution in [2.45, 2.75) is 25.0 Å². The van der Waals surface area contributed by atoms with Gasteiger partial charge in [0.05, 0.1) is 18.6 Å². The van der Waals surface area contributed by atoms with Crippen molar-refractivity contribution in [1.29, 1.82) is 0 Å². The van der Waals surface area contributed by atoms with Crippen LogP contribution in [0.25, 0.3) is 0 Å². The van der Waals surface area contributed by atoms with Gasteiger partial charge in [0.1, 0.15) is 0 Å². The van der Waals surface area contributed by atoms with Crippen LogP contribution in [0.2, 0.25) is 0 Å². The first kappa shape index (κ1) is 10.9. The fraction of sp³-hybridized carbons (Fsp3) is 0.750. The zero-order valence-corrected chi connectivity index (χ0v) is 7.72. The van der Waals surface area contributed by atoms with Crippen LogP contribution in [0.1, 0.15) is 12.8 Å². The van der Waals surface area contributed by atoms with E-state index in [-0.39, 0.29) is 13.0 Å². The molecular weight excluding hydrogens is 188 g/mol. The van der Waals surface area contributed by atoms with E-state index in [4.69, 9.17) is 15.9 Å². The molecule has 0 aromatic rings. The molecule has 1 aliphatic rings. The van der Waals surface area contributed by atoms with Crippen molar-refractivity contribution in [1.82, 2.24) is 4.90 Å². The number of hydrogen-bond donors (Lipinski definition) is 3. The quantitative estimate of drug-likeness (QED) is 0.510. The maximum absolute atomic E-state index is 11.5. The zero-order valence-electron chi connectivity index (χ0n) is 7.72. The molecule has 6 nitrogen and oxygen atoms in total. The highest BCUT2D eigenvalue weighted by molar-refractivity contribution is 5.86. The van der Waals surface area contributed by atoms with E-state index in [1.807, 2.05) is 0 Å². The molecule has 80 valence electrons. The summed E-state index contributed by atoms with van der Waals surface area (Å²) in [5, 5.41) is 17.6. The number of aliphatic carboxylic acids is 1. The lowest BCUT2D eigenvalue weighted by Gasteiger charge is -2.18. The summed E-state index contributed by atoms with van der Waals surface area (Å²) in [5.41, 5.74) is 5.39. The van der Waals surface area contributed by atoms with Gasteiger partial charge in [-0.2, -0.15) is 0 Å². The molecule has 1 saturated heterocycles. The molecule has 0 saturated carbocycles. The monoisotopic (exact) mass is 202 g/mol. The Hall–Kier alpha value is -1.14. The summed E-state index contributed by atoms with van der Waals surface area (Å²) in [6.07, 6.45) is -0.340. The molecular formula is C8H14N2O4. The first-order valence-electron chi connectivity index (χ1n) is 4.45. The predicted octanol–water partition coefficient (Wildman–Crippen LogP) is -1.62. The van der Waals surface area contributed by atoms with Gasteiger partial charge in [0.2, 0.25) is 5.91 Å². The van der Waals surface area contributed by atoms with Crippen LogP contribution in [0.15, 0.2) is 0 Å². The van der Waals surface area contributed by atoms with Crippen LogP contribution in [-0.4, -0.2) is 52.2 Å². The molecule has 1 heterocycles. The van der Waals surface area contributed by atoms with E-state index >= 15 is 0 Å². The number of aliphatic hydroxyl groups is 1. The van der Waals surface area contributed by atoms with Gasteiger partial charge < -0.3 is 20.8 Å². The smallest absolute Gasteiger partial charge is 0.305 e. The molecule has 1 rings (SSSR count). The zero-order chi connectivity index (χ0) is 10.7. The maximum Gasteiger partial charge on any atom is 0.305 e. The van der Waals surface area contributed by atoms with Gasteiger partial charge in [-0.1, -0.05) is 0 Å². The number of carboxylic acid groups (broad SMARTS) is 1. The third-order valence-corrected chi connectivity index (χ3v) is 2.19. The van der Waals surface area contributed by atoms with Crippen molar-refractivity contribution >= 4 is 11.9 Å². The summed E-state index contributed by atoms with van der Waals surface area (Å²) in [4.78, 5) is 23.1. The molecule has 0 aromatic heterocycles. The number of nitrogens with two attached hydrogens (primary N) is 1. The largest absolute Gasteiger partial charge is 0.481 e. The van der Waals surface area contributed by atoms with E-state index in [0.717, 1.165) is 0 Å². The van der Waals surface area contributed by atoms with Gasteiger partial charge in [-0.05, 0) is 6.42 Å². The SMILES string of the molecule is NC(CC(=O)O)C(=O)N1CC[C@@H](O)C1. The molecule has 4 N–H and O–H groups in total. The Morgan fingerprint density at radius 2 is 2.21 bits per heavy atom. The number of nitrogens with zero attached hydrogens (tertiary/aromatic N) is 1. The summed E-state index contributed by atoms with van der Waals surface area (Å²) in [6, 6.07) is -1.00. The standard InChI is InChI=1S/C8H14N2O4/c9-6(3-7(12)13)8(14)10-2-1-5(11)4-10/h5-6,11H,1-4,9H2,(H,12,13)/t5-,6?/m1/s1. The molecule has 0 aliphatic carbocycles. The van der Waals surface area contributed by atoms with Crippen LogP contribution in [0.5, 0.6) is 0 Å². The molecule has 0 spiro atoms. The molecule has 1 unspecified atom stereocenters. The molecule has 6 heteroatoms. The molecule has 1 aliphatic heterocycles. The molecule has 2 atom stereocenters. The lowest BCUT2D eigenvalue weighted by molar-refractivity contribution is -0.141. The summed E-state index contributed by atoms with van der Waals surface area (Å²) in [5.74, 6) is -1.49. The fourth-order valence-electron chi connectivity index (χ4n) is 1.45. The summed E-state index contributed by atoms with van der Waals surface area (Å²) < 4.78 is 0. The topological polar surface area (TPSA) is 104 Å². The summed E-state index contributed by atoms with van der Waals surface area (Å²) >= 11 is 0. The minimum absolute atomic E-state index is 0.256.